The third-order valence-electron chi connectivity index (χ3n) is 3.22. The van der Waals surface area contributed by atoms with Crippen molar-refractivity contribution < 1.29 is 4.79 Å². The molecule has 2 rings (SSSR count). The Bertz CT molecular complexity index is 457. The van der Waals surface area contributed by atoms with Crippen molar-refractivity contribution in [1.29, 1.82) is 0 Å². The Morgan fingerprint density at radius 1 is 1.50 bits per heavy atom. The number of carbonyl (C=O) groups excluding carboxylic acids is 1. The first-order chi connectivity index (χ1) is 8.49. The molecule has 0 radical (unpaired) electrons. The zero-order valence-corrected chi connectivity index (χ0v) is 12.3. The Labute approximate surface area is 119 Å². The Hall–Kier alpha value is -0.670. The summed E-state index contributed by atoms with van der Waals surface area (Å²) in [5.41, 5.74) is 0.554. The van der Waals surface area contributed by atoms with Crippen molar-refractivity contribution in [2.45, 2.75) is 37.6 Å². The first-order valence-electron chi connectivity index (χ1n) is 6.28. The Kier molecular flexibility index (Phi) is 4.23. The fourth-order valence-electron chi connectivity index (χ4n) is 1.94. The highest BCUT2D eigenvalue weighted by Crippen LogP contribution is 2.31. The van der Waals surface area contributed by atoms with Crippen LogP contribution in [0.3, 0.4) is 0 Å². The minimum absolute atomic E-state index is 0.0119. The lowest BCUT2D eigenvalue weighted by Crippen LogP contribution is -2.38. The SMILES string of the molecule is CC(C)N(CC1CC1)C(=O)c1cc(S)ccc1Cl. The van der Waals surface area contributed by atoms with E-state index in [0.29, 0.717) is 16.5 Å². The molecule has 1 aliphatic rings. The molecule has 18 heavy (non-hydrogen) atoms. The van der Waals surface area contributed by atoms with Crippen LogP contribution in [-0.4, -0.2) is 23.4 Å². The lowest BCUT2D eigenvalue weighted by Gasteiger charge is -2.27. The summed E-state index contributed by atoms with van der Waals surface area (Å²) in [6.45, 7) is 4.92. The Balaban J connectivity index is 2.23. The number of halogens is 1. The fourth-order valence-corrected chi connectivity index (χ4v) is 2.34. The van der Waals surface area contributed by atoms with Gasteiger partial charge in [-0.05, 0) is 50.8 Å². The molecule has 0 heterocycles. The minimum atomic E-state index is 0.0119. The number of amides is 1. The molecule has 0 N–H and O–H groups in total. The average molecular weight is 284 g/mol. The fraction of sp³-hybridized carbons (Fsp3) is 0.500. The number of benzene rings is 1. The van der Waals surface area contributed by atoms with Crippen LogP contribution >= 0.6 is 24.2 Å². The molecule has 98 valence electrons. The summed E-state index contributed by atoms with van der Waals surface area (Å²) in [7, 11) is 0. The second-order valence-corrected chi connectivity index (χ2v) is 6.08. The smallest absolute Gasteiger partial charge is 0.255 e. The van der Waals surface area contributed by atoms with E-state index in [9.17, 15) is 4.79 Å². The summed E-state index contributed by atoms with van der Waals surface area (Å²) in [4.78, 5) is 15.2. The lowest BCUT2D eigenvalue weighted by molar-refractivity contribution is 0.0696. The monoisotopic (exact) mass is 283 g/mol. The van der Waals surface area contributed by atoms with Gasteiger partial charge in [0.25, 0.3) is 5.91 Å². The third-order valence-corrected chi connectivity index (χ3v) is 3.82. The average Bonchev–Trinajstić information content (AvgIpc) is 3.12. The van der Waals surface area contributed by atoms with Crippen LogP contribution < -0.4 is 0 Å². The first-order valence-corrected chi connectivity index (χ1v) is 7.11. The topological polar surface area (TPSA) is 20.3 Å². The van der Waals surface area contributed by atoms with Gasteiger partial charge in [0.1, 0.15) is 0 Å². The number of hydrogen-bond acceptors (Lipinski definition) is 2. The van der Waals surface area contributed by atoms with Crippen LogP contribution in [-0.2, 0) is 0 Å². The van der Waals surface area contributed by atoms with Crippen LogP contribution in [0, 0.1) is 5.92 Å². The van der Waals surface area contributed by atoms with Crippen molar-refractivity contribution in [2.24, 2.45) is 5.92 Å². The molecule has 0 bridgehead atoms. The highest BCUT2D eigenvalue weighted by Gasteiger charge is 2.29. The van der Waals surface area contributed by atoms with Crippen molar-refractivity contribution in [3.05, 3.63) is 28.8 Å². The van der Waals surface area contributed by atoms with Crippen LogP contribution in [0.25, 0.3) is 0 Å². The highest BCUT2D eigenvalue weighted by molar-refractivity contribution is 7.80. The van der Waals surface area contributed by atoms with E-state index in [1.807, 2.05) is 18.7 Å². The number of thiol groups is 1. The summed E-state index contributed by atoms with van der Waals surface area (Å²) in [6, 6.07) is 5.46. The number of hydrogen-bond donors (Lipinski definition) is 1. The normalized spacial score (nSPS) is 14.9. The van der Waals surface area contributed by atoms with E-state index in [2.05, 4.69) is 12.6 Å². The molecule has 1 saturated carbocycles. The van der Waals surface area contributed by atoms with E-state index in [1.165, 1.54) is 12.8 Å². The van der Waals surface area contributed by atoms with E-state index in [1.54, 1.807) is 18.2 Å². The molecular formula is C14H18ClNOS. The zero-order chi connectivity index (χ0) is 13.3. The number of rotatable bonds is 4. The number of carbonyl (C=O) groups is 1. The summed E-state index contributed by atoms with van der Waals surface area (Å²) in [5.74, 6) is 0.687. The van der Waals surface area contributed by atoms with Gasteiger partial charge in [0, 0.05) is 17.5 Å². The molecule has 0 aliphatic heterocycles. The molecule has 0 spiro atoms. The second kappa shape index (κ2) is 5.54. The standard InChI is InChI=1S/C14H18ClNOS/c1-9(2)16(8-10-3-4-10)14(17)12-7-11(18)5-6-13(12)15/h5-7,9-10,18H,3-4,8H2,1-2H3. The van der Waals surface area contributed by atoms with Gasteiger partial charge >= 0.3 is 0 Å². The molecule has 1 aliphatic carbocycles. The zero-order valence-electron chi connectivity index (χ0n) is 10.7. The van der Waals surface area contributed by atoms with Gasteiger partial charge in [-0.15, -0.1) is 12.6 Å². The largest absolute Gasteiger partial charge is 0.336 e. The maximum atomic E-state index is 12.5. The lowest BCUT2D eigenvalue weighted by atomic mass is 10.1. The van der Waals surface area contributed by atoms with Crippen molar-refractivity contribution in [2.75, 3.05) is 6.54 Å². The van der Waals surface area contributed by atoms with Gasteiger partial charge in [-0.1, -0.05) is 11.6 Å². The van der Waals surface area contributed by atoms with Gasteiger partial charge in [0.2, 0.25) is 0 Å². The van der Waals surface area contributed by atoms with E-state index in [-0.39, 0.29) is 11.9 Å². The minimum Gasteiger partial charge on any atom is -0.336 e. The number of nitrogens with zero attached hydrogens (tertiary/aromatic N) is 1. The third kappa shape index (κ3) is 3.21. The molecule has 0 unspecified atom stereocenters. The summed E-state index contributed by atoms with van der Waals surface area (Å²) in [6.07, 6.45) is 2.47. The second-order valence-electron chi connectivity index (χ2n) is 5.16. The molecule has 2 nitrogen and oxygen atoms in total. The van der Waals surface area contributed by atoms with Gasteiger partial charge in [-0.25, -0.2) is 0 Å². The molecule has 1 fully saturated rings. The van der Waals surface area contributed by atoms with Gasteiger partial charge < -0.3 is 4.90 Å². The molecule has 1 aromatic rings. The molecular weight excluding hydrogens is 266 g/mol. The van der Waals surface area contributed by atoms with E-state index >= 15 is 0 Å². The van der Waals surface area contributed by atoms with E-state index < -0.39 is 0 Å². The van der Waals surface area contributed by atoms with Crippen molar-refractivity contribution >= 4 is 30.1 Å². The van der Waals surface area contributed by atoms with Gasteiger partial charge in [-0.2, -0.15) is 0 Å². The summed E-state index contributed by atoms with van der Waals surface area (Å²) < 4.78 is 0. The van der Waals surface area contributed by atoms with E-state index in [4.69, 9.17) is 11.6 Å². The first kappa shape index (κ1) is 13.8. The summed E-state index contributed by atoms with van der Waals surface area (Å²) in [5, 5.41) is 0.499. The van der Waals surface area contributed by atoms with Crippen LogP contribution in [0.2, 0.25) is 5.02 Å². The molecule has 1 aromatic carbocycles. The maximum Gasteiger partial charge on any atom is 0.255 e. The highest BCUT2D eigenvalue weighted by atomic mass is 35.5. The molecule has 0 aromatic heterocycles. The predicted octanol–water partition coefficient (Wildman–Crippen LogP) is 3.89. The van der Waals surface area contributed by atoms with Crippen molar-refractivity contribution in [1.82, 2.24) is 4.90 Å². The van der Waals surface area contributed by atoms with Crippen LogP contribution in [0.5, 0.6) is 0 Å². The van der Waals surface area contributed by atoms with E-state index in [0.717, 1.165) is 11.4 Å². The van der Waals surface area contributed by atoms with Crippen LogP contribution in [0.15, 0.2) is 23.1 Å². The molecule has 1 amide bonds. The van der Waals surface area contributed by atoms with Gasteiger partial charge in [0.15, 0.2) is 0 Å². The van der Waals surface area contributed by atoms with Crippen molar-refractivity contribution in [3.63, 3.8) is 0 Å². The maximum absolute atomic E-state index is 12.5. The Morgan fingerprint density at radius 2 is 2.17 bits per heavy atom. The van der Waals surface area contributed by atoms with Gasteiger partial charge in [0.05, 0.1) is 10.6 Å². The predicted molar refractivity (Wildman–Crippen MR) is 77.6 cm³/mol. The Morgan fingerprint density at radius 3 is 2.72 bits per heavy atom. The quantitative estimate of drug-likeness (QED) is 0.831. The molecule has 0 atom stereocenters. The van der Waals surface area contributed by atoms with Crippen LogP contribution in [0.4, 0.5) is 0 Å². The molecule has 4 heteroatoms. The van der Waals surface area contributed by atoms with Crippen molar-refractivity contribution in [3.8, 4) is 0 Å². The van der Waals surface area contributed by atoms with Crippen LogP contribution in [0.1, 0.15) is 37.0 Å². The van der Waals surface area contributed by atoms with Gasteiger partial charge in [-0.3, -0.25) is 4.79 Å². The molecule has 0 saturated heterocycles. The summed E-state index contributed by atoms with van der Waals surface area (Å²) >= 11 is 10.4.